The van der Waals surface area contributed by atoms with Crippen LogP contribution < -0.4 is 0 Å². The summed E-state index contributed by atoms with van der Waals surface area (Å²) < 4.78 is 3.02. The van der Waals surface area contributed by atoms with Crippen LogP contribution in [0.2, 0.25) is 0 Å². The monoisotopic (exact) mass is 371 g/mol. The van der Waals surface area contributed by atoms with E-state index in [-0.39, 0.29) is 0 Å². The number of hydrogen-bond donors (Lipinski definition) is 0. The maximum atomic E-state index is 9.08. The van der Waals surface area contributed by atoms with Crippen LogP contribution in [0.5, 0.6) is 0 Å². The Morgan fingerprint density at radius 2 is 1.75 bits per heavy atom. The second-order valence-electron chi connectivity index (χ2n) is 5.44. The van der Waals surface area contributed by atoms with Crippen molar-refractivity contribution in [3.8, 4) is 11.8 Å². The van der Waals surface area contributed by atoms with Gasteiger partial charge in [0.2, 0.25) is 0 Å². The molecule has 0 saturated heterocycles. The summed E-state index contributed by atoms with van der Waals surface area (Å²) in [6, 6.07) is 21.6. The molecule has 0 fully saturated rings. The van der Waals surface area contributed by atoms with Crippen LogP contribution in [-0.4, -0.2) is 4.57 Å². The molecule has 0 radical (unpaired) electrons. The van der Waals surface area contributed by atoms with Gasteiger partial charge in [0, 0.05) is 9.86 Å². The molecule has 3 nitrogen and oxygen atoms in total. The molecule has 0 bridgehead atoms. The van der Waals surface area contributed by atoms with E-state index in [9.17, 15) is 0 Å². The van der Waals surface area contributed by atoms with Crippen LogP contribution in [0.25, 0.3) is 32.3 Å². The van der Waals surface area contributed by atoms with Crippen molar-refractivity contribution in [2.24, 2.45) is 0 Å². The smallest absolute Gasteiger partial charge is 0.188 e. The van der Waals surface area contributed by atoms with Crippen LogP contribution in [0.3, 0.4) is 0 Å². The number of rotatable bonds is 1. The molecule has 4 rings (SSSR count). The van der Waals surface area contributed by atoms with Gasteiger partial charge in [-0.05, 0) is 57.7 Å². The van der Waals surface area contributed by atoms with Crippen molar-refractivity contribution in [1.82, 2.24) is 4.57 Å². The van der Waals surface area contributed by atoms with Crippen molar-refractivity contribution in [2.75, 3.05) is 0 Å². The molecular weight excluding hydrogens is 362 g/mol. The van der Waals surface area contributed by atoms with E-state index in [1.807, 2.05) is 48.5 Å². The molecule has 0 saturated carbocycles. The minimum atomic E-state index is 0.613. The van der Waals surface area contributed by atoms with Gasteiger partial charge in [-0.3, -0.25) is 0 Å². The summed E-state index contributed by atoms with van der Waals surface area (Å²) in [4.78, 5) is 3.55. The van der Waals surface area contributed by atoms with Gasteiger partial charge in [-0.25, -0.2) is 4.85 Å². The van der Waals surface area contributed by atoms with Crippen molar-refractivity contribution in [3.63, 3.8) is 0 Å². The molecule has 0 unspecified atom stereocenters. The highest BCUT2D eigenvalue weighted by Crippen LogP contribution is 2.36. The number of nitriles is 1. The minimum absolute atomic E-state index is 0.613. The fourth-order valence-electron chi connectivity index (χ4n) is 3.05. The van der Waals surface area contributed by atoms with Crippen LogP contribution in [0.4, 0.5) is 5.69 Å². The highest BCUT2D eigenvalue weighted by atomic mass is 79.9. The number of fused-ring (bicyclic) bond motifs is 3. The topological polar surface area (TPSA) is 33.1 Å². The van der Waals surface area contributed by atoms with Crippen LogP contribution in [0, 0.1) is 17.9 Å². The Morgan fingerprint density at radius 1 is 0.958 bits per heavy atom. The average Bonchev–Trinajstić information content (AvgIpc) is 2.95. The van der Waals surface area contributed by atoms with Crippen LogP contribution in [0.1, 0.15) is 5.56 Å². The van der Waals surface area contributed by atoms with Crippen molar-refractivity contribution in [3.05, 3.63) is 82.1 Å². The Kier molecular flexibility index (Phi) is 3.34. The van der Waals surface area contributed by atoms with Gasteiger partial charge in [-0.2, -0.15) is 5.26 Å². The molecular formula is C20H10BrN3. The summed E-state index contributed by atoms with van der Waals surface area (Å²) in [6.45, 7) is 7.26. The molecule has 0 aliphatic rings. The highest BCUT2D eigenvalue weighted by molar-refractivity contribution is 9.10. The molecule has 24 heavy (non-hydrogen) atoms. The Morgan fingerprint density at radius 3 is 2.50 bits per heavy atom. The second-order valence-corrected chi connectivity index (χ2v) is 6.30. The molecule has 0 spiro atoms. The first-order valence-electron chi connectivity index (χ1n) is 7.33. The van der Waals surface area contributed by atoms with E-state index in [1.165, 1.54) is 0 Å². The number of aromatic nitrogens is 1. The Bertz CT molecular complexity index is 1190. The summed E-state index contributed by atoms with van der Waals surface area (Å²) >= 11 is 3.59. The zero-order valence-corrected chi connectivity index (χ0v) is 14.1. The molecule has 0 amide bonds. The zero-order chi connectivity index (χ0) is 16.7. The quantitative estimate of drug-likeness (QED) is 0.379. The van der Waals surface area contributed by atoms with E-state index in [0.29, 0.717) is 11.3 Å². The fourth-order valence-corrected chi connectivity index (χ4v) is 3.60. The third-order valence-corrected chi connectivity index (χ3v) is 4.74. The first-order chi connectivity index (χ1) is 11.7. The molecule has 1 aromatic heterocycles. The Balaban J connectivity index is 2.15. The van der Waals surface area contributed by atoms with E-state index in [0.717, 1.165) is 32.0 Å². The first kappa shape index (κ1) is 14.5. The van der Waals surface area contributed by atoms with Crippen LogP contribution >= 0.6 is 15.9 Å². The number of para-hydroxylation sites is 1. The van der Waals surface area contributed by atoms with Gasteiger partial charge in [-0.1, -0.05) is 24.3 Å². The Labute approximate surface area is 147 Å². The zero-order valence-electron chi connectivity index (χ0n) is 12.5. The lowest BCUT2D eigenvalue weighted by atomic mass is 10.1. The molecule has 0 aliphatic carbocycles. The number of halogens is 1. The molecule has 112 valence electrons. The van der Waals surface area contributed by atoms with Gasteiger partial charge >= 0.3 is 0 Å². The molecule has 0 aliphatic heterocycles. The first-order valence-corrected chi connectivity index (χ1v) is 8.13. The van der Waals surface area contributed by atoms with Crippen LogP contribution in [-0.2, 0) is 0 Å². The summed E-state index contributed by atoms with van der Waals surface area (Å²) in [5.74, 6) is 0. The maximum Gasteiger partial charge on any atom is 0.188 e. The lowest BCUT2D eigenvalue weighted by Crippen LogP contribution is -1.95. The van der Waals surface area contributed by atoms with Gasteiger partial charge in [-0.15, -0.1) is 0 Å². The van der Waals surface area contributed by atoms with E-state index in [1.54, 1.807) is 0 Å². The second kappa shape index (κ2) is 5.53. The van der Waals surface area contributed by atoms with Gasteiger partial charge in [0.15, 0.2) is 5.69 Å². The number of benzene rings is 3. The highest BCUT2D eigenvalue weighted by Gasteiger charge is 2.14. The molecule has 1 heterocycles. The number of nitrogens with zero attached hydrogens (tertiary/aromatic N) is 3. The summed E-state index contributed by atoms with van der Waals surface area (Å²) in [5, 5.41) is 11.2. The fraction of sp³-hybridized carbons (Fsp3) is 0. The van der Waals surface area contributed by atoms with E-state index in [2.05, 4.69) is 43.5 Å². The standard InChI is InChI=1S/C20H10BrN3/c1-23-14-7-9-19-16(11-14)15-4-2-3-5-18(15)24(19)20-8-6-13(12-22)10-17(20)21/h2-11H. The van der Waals surface area contributed by atoms with E-state index >= 15 is 0 Å². The SMILES string of the molecule is [C-]#[N+]c1ccc2c(c1)c1ccccc1n2-c1ccc(C#N)cc1Br. The van der Waals surface area contributed by atoms with Crippen molar-refractivity contribution >= 4 is 43.4 Å². The largest absolute Gasteiger partial charge is 0.308 e. The normalized spacial score (nSPS) is 10.6. The predicted octanol–water partition coefficient (Wildman–Crippen LogP) is 5.97. The lowest BCUT2D eigenvalue weighted by Gasteiger charge is -2.10. The van der Waals surface area contributed by atoms with Gasteiger partial charge in [0.1, 0.15) is 0 Å². The molecule has 0 N–H and O–H groups in total. The van der Waals surface area contributed by atoms with E-state index < -0.39 is 0 Å². The predicted molar refractivity (Wildman–Crippen MR) is 99.5 cm³/mol. The Hall–Kier alpha value is -3.08. The summed E-state index contributed by atoms with van der Waals surface area (Å²) in [6.07, 6.45) is 0. The van der Waals surface area contributed by atoms with Gasteiger partial charge in [0.25, 0.3) is 0 Å². The van der Waals surface area contributed by atoms with Crippen molar-refractivity contribution < 1.29 is 0 Å². The third kappa shape index (κ3) is 2.09. The lowest BCUT2D eigenvalue weighted by molar-refractivity contribution is 1.17. The third-order valence-electron chi connectivity index (χ3n) is 4.10. The maximum absolute atomic E-state index is 9.08. The summed E-state index contributed by atoms with van der Waals surface area (Å²) in [7, 11) is 0. The average molecular weight is 372 g/mol. The molecule has 4 heteroatoms. The summed E-state index contributed by atoms with van der Waals surface area (Å²) in [5.41, 5.74) is 4.32. The van der Waals surface area contributed by atoms with E-state index in [4.69, 9.17) is 11.8 Å². The number of hydrogen-bond acceptors (Lipinski definition) is 1. The molecule has 0 atom stereocenters. The van der Waals surface area contributed by atoms with Gasteiger partial charge < -0.3 is 4.57 Å². The van der Waals surface area contributed by atoms with Gasteiger partial charge in [0.05, 0.1) is 34.9 Å². The van der Waals surface area contributed by atoms with Crippen LogP contribution in [0.15, 0.2) is 65.1 Å². The van der Waals surface area contributed by atoms with Crippen molar-refractivity contribution in [1.29, 1.82) is 5.26 Å². The molecule has 3 aromatic carbocycles. The minimum Gasteiger partial charge on any atom is -0.308 e. The van der Waals surface area contributed by atoms with Crippen molar-refractivity contribution in [2.45, 2.75) is 0 Å². The molecule has 4 aromatic rings.